The maximum Gasteiger partial charge on any atom is 0.418 e. The zero-order chi connectivity index (χ0) is 19.9. The van der Waals surface area contributed by atoms with Crippen molar-refractivity contribution in [3.05, 3.63) is 72.8 Å². The van der Waals surface area contributed by atoms with Crippen LogP contribution >= 0.6 is 15.9 Å². The Balaban J connectivity index is 1.51. The number of hydrogen-bond acceptors (Lipinski definition) is 4. The van der Waals surface area contributed by atoms with Crippen LogP contribution < -0.4 is 5.32 Å². The number of rotatable bonds is 5. The number of carbonyl (C=O) groups excluding carboxylic acids is 3. The molecular weight excluding hydrogens is 426 g/mol. The van der Waals surface area contributed by atoms with Crippen molar-refractivity contribution < 1.29 is 19.1 Å². The number of hydrogen-bond donors (Lipinski definition) is 1. The van der Waals surface area contributed by atoms with Gasteiger partial charge in [-0.2, -0.15) is 0 Å². The summed E-state index contributed by atoms with van der Waals surface area (Å²) in [7, 11) is 0. The smallest absolute Gasteiger partial charge is 0.418 e. The van der Waals surface area contributed by atoms with Crippen LogP contribution in [0, 0.1) is 0 Å². The molecule has 0 fully saturated rings. The molecule has 8 heteroatoms. The molecule has 0 radical (unpaired) electrons. The Morgan fingerprint density at radius 3 is 2.32 bits per heavy atom. The molecule has 28 heavy (non-hydrogen) atoms. The van der Waals surface area contributed by atoms with Crippen LogP contribution in [0.5, 0.6) is 0 Å². The highest BCUT2D eigenvalue weighted by Crippen LogP contribution is 2.17. The third-order valence-electron chi connectivity index (χ3n) is 4.01. The van der Waals surface area contributed by atoms with Crippen molar-refractivity contribution in [3.63, 3.8) is 0 Å². The molecule has 0 saturated heterocycles. The molecule has 0 saturated carbocycles. The minimum Gasteiger partial charge on any atom is -0.444 e. The molecule has 0 bridgehead atoms. The third kappa shape index (κ3) is 4.98. The van der Waals surface area contributed by atoms with Crippen LogP contribution in [-0.2, 0) is 20.9 Å². The van der Waals surface area contributed by atoms with Gasteiger partial charge < -0.3 is 10.1 Å². The van der Waals surface area contributed by atoms with E-state index in [1.807, 2.05) is 42.5 Å². The van der Waals surface area contributed by atoms with Gasteiger partial charge in [0.25, 0.3) is 0 Å². The number of ether oxygens (including phenoxy) is 1. The summed E-state index contributed by atoms with van der Waals surface area (Å²) < 4.78 is 5.32. The molecule has 1 N–H and O–H groups in total. The number of nitrogens with zero attached hydrogens (tertiary/aromatic N) is 2. The summed E-state index contributed by atoms with van der Waals surface area (Å²) in [6.07, 6.45) is 5.15. The van der Waals surface area contributed by atoms with Crippen molar-refractivity contribution >= 4 is 44.6 Å². The Kier molecular flexibility index (Phi) is 6.44. The van der Waals surface area contributed by atoms with Crippen molar-refractivity contribution in [3.8, 4) is 0 Å². The lowest BCUT2D eigenvalue weighted by Gasteiger charge is -2.22. The number of nitrogens with one attached hydrogen (secondary N) is 1. The van der Waals surface area contributed by atoms with E-state index in [1.54, 1.807) is 0 Å². The lowest BCUT2D eigenvalue weighted by molar-refractivity contribution is -0.128. The Labute approximate surface area is 170 Å². The summed E-state index contributed by atoms with van der Waals surface area (Å²) in [5, 5.41) is 4.79. The first-order valence-electron chi connectivity index (χ1n) is 8.50. The lowest BCUT2D eigenvalue weighted by atomic mass is 10.1. The van der Waals surface area contributed by atoms with E-state index < -0.39 is 6.09 Å². The van der Waals surface area contributed by atoms with E-state index in [0.29, 0.717) is 0 Å². The van der Waals surface area contributed by atoms with Gasteiger partial charge in [-0.3, -0.25) is 19.4 Å². The van der Waals surface area contributed by atoms with Crippen LogP contribution in [0.3, 0.4) is 0 Å². The molecule has 7 nitrogen and oxygen atoms in total. The molecule has 0 aliphatic carbocycles. The predicted molar refractivity (Wildman–Crippen MR) is 108 cm³/mol. The summed E-state index contributed by atoms with van der Waals surface area (Å²) in [5.74, 6) is -0.608. The quantitative estimate of drug-likeness (QED) is 0.720. The minimum absolute atomic E-state index is 0.128. The van der Waals surface area contributed by atoms with Gasteiger partial charge in [-0.15, -0.1) is 0 Å². The maximum atomic E-state index is 12.2. The first-order chi connectivity index (χ1) is 13.6. The molecule has 2 aromatic carbocycles. The zero-order valence-corrected chi connectivity index (χ0v) is 16.5. The van der Waals surface area contributed by atoms with Crippen LogP contribution in [0.1, 0.15) is 5.56 Å². The van der Waals surface area contributed by atoms with E-state index in [2.05, 4.69) is 21.2 Å². The maximum absolute atomic E-state index is 12.2. The monoisotopic (exact) mass is 443 g/mol. The number of amides is 3. The molecule has 1 heterocycles. The van der Waals surface area contributed by atoms with Gasteiger partial charge in [0.15, 0.2) is 0 Å². The normalized spacial score (nSPS) is 12.9. The van der Waals surface area contributed by atoms with Gasteiger partial charge in [0, 0.05) is 24.8 Å². The van der Waals surface area contributed by atoms with E-state index in [-0.39, 0.29) is 30.3 Å². The van der Waals surface area contributed by atoms with Crippen molar-refractivity contribution in [2.24, 2.45) is 0 Å². The highest BCUT2D eigenvalue weighted by atomic mass is 79.9. The van der Waals surface area contributed by atoms with E-state index in [9.17, 15) is 14.4 Å². The summed E-state index contributed by atoms with van der Waals surface area (Å²) in [5.41, 5.74) is 0.886. The first-order valence-corrected chi connectivity index (χ1v) is 9.62. The van der Waals surface area contributed by atoms with Crippen LogP contribution in [-0.4, -0.2) is 39.6 Å². The van der Waals surface area contributed by atoms with Gasteiger partial charge in [-0.1, -0.05) is 52.3 Å². The van der Waals surface area contributed by atoms with Gasteiger partial charge in [0.1, 0.15) is 6.61 Å². The second-order valence-corrected chi connectivity index (χ2v) is 6.51. The fourth-order valence-electron chi connectivity index (χ4n) is 2.54. The van der Waals surface area contributed by atoms with Crippen LogP contribution in [0.15, 0.2) is 67.3 Å². The molecule has 0 aromatic heterocycles. The van der Waals surface area contributed by atoms with Gasteiger partial charge in [-0.25, -0.2) is 4.79 Å². The van der Waals surface area contributed by atoms with Crippen molar-refractivity contribution in [1.82, 2.24) is 15.1 Å². The number of fused-ring (bicyclic) bond motifs is 1. The Bertz CT molecular complexity index is 943. The second kappa shape index (κ2) is 9.18. The molecule has 3 amide bonds. The minimum atomic E-state index is -0.555. The van der Waals surface area contributed by atoms with Crippen LogP contribution in [0.4, 0.5) is 4.79 Å². The van der Waals surface area contributed by atoms with Gasteiger partial charge >= 0.3 is 6.09 Å². The molecule has 0 atom stereocenters. The standard InChI is InChI=1S/C20H18BrN3O4/c21-12-18(25)22-13-19(26)23-7-9-24(10-8-23)20(27)28-14-15-5-6-16-3-1-2-4-17(16)11-15/h1-11H,12-14H2,(H,22,25). The topological polar surface area (TPSA) is 79.0 Å². The highest BCUT2D eigenvalue weighted by Gasteiger charge is 2.17. The van der Waals surface area contributed by atoms with Gasteiger partial charge in [0.05, 0.1) is 11.9 Å². The fourth-order valence-corrected chi connectivity index (χ4v) is 2.73. The number of benzene rings is 2. The summed E-state index contributed by atoms with van der Waals surface area (Å²) >= 11 is 3.01. The van der Waals surface area contributed by atoms with E-state index in [1.165, 1.54) is 34.6 Å². The average molecular weight is 444 g/mol. The first kappa shape index (κ1) is 19.6. The largest absolute Gasteiger partial charge is 0.444 e. The molecule has 144 valence electrons. The Morgan fingerprint density at radius 2 is 1.61 bits per heavy atom. The third-order valence-corrected chi connectivity index (χ3v) is 4.52. The molecule has 0 spiro atoms. The van der Waals surface area contributed by atoms with Gasteiger partial charge in [0.2, 0.25) is 11.8 Å². The van der Waals surface area contributed by atoms with Crippen molar-refractivity contribution in [2.45, 2.75) is 6.61 Å². The molecule has 1 aliphatic rings. The molecule has 0 unspecified atom stereocenters. The summed E-state index contributed by atoms with van der Waals surface area (Å²) in [4.78, 5) is 37.9. The number of halogens is 1. The average Bonchev–Trinajstić information content (AvgIpc) is 2.75. The fraction of sp³-hybridized carbons (Fsp3) is 0.150. The second-order valence-electron chi connectivity index (χ2n) is 5.95. The zero-order valence-electron chi connectivity index (χ0n) is 14.9. The Hall–Kier alpha value is -3.13. The summed E-state index contributed by atoms with van der Waals surface area (Å²) in [6, 6.07) is 13.8. The van der Waals surface area contributed by atoms with Crippen molar-refractivity contribution in [1.29, 1.82) is 0 Å². The van der Waals surface area contributed by atoms with E-state index in [0.717, 1.165) is 16.3 Å². The molecule has 1 aliphatic heterocycles. The predicted octanol–water partition coefficient (Wildman–Crippen LogP) is 3.07. The number of alkyl halides is 1. The number of carbonyl (C=O) groups is 3. The van der Waals surface area contributed by atoms with Crippen LogP contribution in [0.2, 0.25) is 0 Å². The van der Waals surface area contributed by atoms with Gasteiger partial charge in [-0.05, 0) is 22.4 Å². The molecule has 3 rings (SSSR count). The SMILES string of the molecule is O=C(CBr)NCC(=O)N1C=CN(C(=O)OCc2ccc3ccccc3c2)C=C1. The lowest BCUT2D eigenvalue weighted by Crippen LogP contribution is -2.37. The van der Waals surface area contributed by atoms with Crippen molar-refractivity contribution in [2.75, 3.05) is 11.9 Å². The summed E-state index contributed by atoms with van der Waals surface area (Å²) in [6.45, 7) is 0.00852. The van der Waals surface area contributed by atoms with E-state index in [4.69, 9.17) is 4.74 Å². The van der Waals surface area contributed by atoms with Crippen LogP contribution in [0.25, 0.3) is 10.8 Å². The molecule has 2 aromatic rings. The Morgan fingerprint density at radius 1 is 0.929 bits per heavy atom. The highest BCUT2D eigenvalue weighted by molar-refractivity contribution is 9.09. The van der Waals surface area contributed by atoms with E-state index >= 15 is 0 Å². The molecular formula is C20H18BrN3O4.